The van der Waals surface area contributed by atoms with Crippen molar-refractivity contribution >= 4 is 17.4 Å². The summed E-state index contributed by atoms with van der Waals surface area (Å²) in [5.74, 6) is 1.42. The topological polar surface area (TPSA) is 115 Å². The molecule has 2 heterocycles. The minimum Gasteiger partial charge on any atom is -0.328 e. The Kier molecular flexibility index (Phi) is 4.39. The fourth-order valence-corrected chi connectivity index (χ4v) is 3.09. The van der Waals surface area contributed by atoms with E-state index >= 15 is 0 Å². The Morgan fingerprint density at radius 1 is 1.32 bits per heavy atom. The van der Waals surface area contributed by atoms with Crippen molar-refractivity contribution in [2.75, 3.05) is 5.32 Å². The molecule has 1 aliphatic heterocycles. The monoisotopic (exact) mass is 344 g/mol. The molecular weight excluding hydrogens is 324 g/mol. The number of hydrogen-bond donors (Lipinski definition) is 2. The zero-order valence-corrected chi connectivity index (χ0v) is 14.4. The van der Waals surface area contributed by atoms with Crippen LogP contribution in [0.5, 0.6) is 0 Å². The van der Waals surface area contributed by atoms with Crippen LogP contribution in [0, 0.1) is 30.9 Å². The average molecular weight is 344 g/mol. The third-order valence-electron chi connectivity index (χ3n) is 4.27. The molecule has 0 aliphatic carbocycles. The van der Waals surface area contributed by atoms with Crippen LogP contribution in [0.1, 0.15) is 41.7 Å². The van der Waals surface area contributed by atoms with Crippen LogP contribution in [0.2, 0.25) is 0 Å². The van der Waals surface area contributed by atoms with E-state index in [2.05, 4.69) is 20.7 Å². The van der Waals surface area contributed by atoms with E-state index in [-0.39, 0.29) is 11.7 Å². The summed E-state index contributed by atoms with van der Waals surface area (Å²) < 4.78 is 1.81. The Balaban J connectivity index is 1.76. The quantitative estimate of drug-likeness (QED) is 0.656. The van der Waals surface area contributed by atoms with Crippen molar-refractivity contribution in [3.05, 3.63) is 45.0 Å². The van der Waals surface area contributed by atoms with Crippen molar-refractivity contribution < 1.29 is 9.72 Å². The lowest BCUT2D eigenvalue weighted by molar-refractivity contribution is -0.385. The highest BCUT2D eigenvalue weighted by atomic mass is 16.6. The minimum absolute atomic E-state index is 0.0195. The summed E-state index contributed by atoms with van der Waals surface area (Å²) in [7, 11) is 0. The van der Waals surface area contributed by atoms with E-state index in [0.29, 0.717) is 17.1 Å². The van der Waals surface area contributed by atoms with Gasteiger partial charge in [-0.3, -0.25) is 10.1 Å². The smallest absolute Gasteiger partial charge is 0.319 e. The number of nitro benzene ring substituents is 1. The van der Waals surface area contributed by atoms with Crippen molar-refractivity contribution in [1.29, 1.82) is 0 Å². The zero-order valence-electron chi connectivity index (χ0n) is 14.4. The highest BCUT2D eigenvalue weighted by molar-refractivity contribution is 5.90. The number of amides is 2. The van der Waals surface area contributed by atoms with Crippen molar-refractivity contribution in [2.45, 2.75) is 46.2 Å². The molecule has 1 aliphatic rings. The molecule has 0 bridgehead atoms. The predicted octanol–water partition coefficient (Wildman–Crippen LogP) is 2.77. The van der Waals surface area contributed by atoms with Gasteiger partial charge in [0.25, 0.3) is 5.69 Å². The summed E-state index contributed by atoms with van der Waals surface area (Å²) >= 11 is 0. The lowest BCUT2D eigenvalue weighted by atomic mass is 10.1. The SMILES string of the molecule is Cc1nc2n(n1)CCCC2NC(=O)Nc1cc([N+](=O)[O-])c(C)cc1C. The second-order valence-corrected chi connectivity index (χ2v) is 6.24. The highest BCUT2D eigenvalue weighted by Crippen LogP contribution is 2.27. The number of nitrogens with one attached hydrogen (secondary N) is 2. The van der Waals surface area contributed by atoms with Crippen LogP contribution in [0.25, 0.3) is 0 Å². The normalized spacial score (nSPS) is 16.2. The van der Waals surface area contributed by atoms with Gasteiger partial charge in [0.2, 0.25) is 0 Å². The van der Waals surface area contributed by atoms with Gasteiger partial charge in [0, 0.05) is 18.2 Å². The summed E-state index contributed by atoms with van der Waals surface area (Å²) in [5.41, 5.74) is 1.72. The predicted molar refractivity (Wildman–Crippen MR) is 91.5 cm³/mol. The van der Waals surface area contributed by atoms with Crippen LogP contribution < -0.4 is 10.6 Å². The molecule has 3 rings (SSSR count). The summed E-state index contributed by atoms with van der Waals surface area (Å²) in [6.45, 7) is 6.08. The van der Waals surface area contributed by atoms with E-state index in [1.807, 2.05) is 11.6 Å². The van der Waals surface area contributed by atoms with Crippen LogP contribution in [0.4, 0.5) is 16.2 Å². The first-order chi connectivity index (χ1) is 11.8. The number of aromatic nitrogens is 3. The fraction of sp³-hybridized carbons (Fsp3) is 0.438. The Morgan fingerprint density at radius 2 is 2.08 bits per heavy atom. The molecule has 2 amide bonds. The summed E-state index contributed by atoms with van der Waals surface area (Å²) in [6, 6.07) is 2.43. The number of benzene rings is 1. The van der Waals surface area contributed by atoms with Crippen LogP contribution in [-0.4, -0.2) is 25.7 Å². The van der Waals surface area contributed by atoms with Crippen LogP contribution in [0.3, 0.4) is 0 Å². The molecule has 1 unspecified atom stereocenters. The number of aryl methyl sites for hydroxylation is 4. The molecule has 2 N–H and O–H groups in total. The minimum atomic E-state index is -0.454. The highest BCUT2D eigenvalue weighted by Gasteiger charge is 2.25. The van der Waals surface area contributed by atoms with Crippen LogP contribution in [0.15, 0.2) is 12.1 Å². The molecule has 0 spiro atoms. The molecule has 2 aromatic rings. The molecule has 1 aromatic carbocycles. The number of carbonyl (C=O) groups excluding carboxylic acids is 1. The molecule has 9 nitrogen and oxygen atoms in total. The maximum atomic E-state index is 12.4. The van der Waals surface area contributed by atoms with Gasteiger partial charge < -0.3 is 10.6 Å². The molecule has 0 fully saturated rings. The first kappa shape index (κ1) is 16.9. The Labute approximate surface area is 144 Å². The van der Waals surface area contributed by atoms with E-state index < -0.39 is 11.0 Å². The largest absolute Gasteiger partial charge is 0.328 e. The number of urea groups is 1. The van der Waals surface area contributed by atoms with Gasteiger partial charge in [0.05, 0.1) is 16.7 Å². The van der Waals surface area contributed by atoms with E-state index in [1.165, 1.54) is 6.07 Å². The molecule has 0 saturated carbocycles. The first-order valence-corrected chi connectivity index (χ1v) is 8.09. The maximum absolute atomic E-state index is 12.4. The lowest BCUT2D eigenvalue weighted by Gasteiger charge is -2.23. The number of fused-ring (bicyclic) bond motifs is 1. The molecule has 9 heteroatoms. The van der Waals surface area contributed by atoms with Crippen molar-refractivity contribution in [3.8, 4) is 0 Å². The Morgan fingerprint density at radius 3 is 2.80 bits per heavy atom. The summed E-state index contributed by atoms with van der Waals surface area (Å²) in [5, 5.41) is 21.0. The number of hydrogen-bond acceptors (Lipinski definition) is 5. The van der Waals surface area contributed by atoms with E-state index in [9.17, 15) is 14.9 Å². The fourth-order valence-electron chi connectivity index (χ4n) is 3.09. The number of rotatable bonds is 3. The second-order valence-electron chi connectivity index (χ2n) is 6.24. The van der Waals surface area contributed by atoms with E-state index in [0.717, 1.165) is 30.8 Å². The van der Waals surface area contributed by atoms with Crippen LogP contribution in [-0.2, 0) is 6.54 Å². The van der Waals surface area contributed by atoms with Crippen molar-refractivity contribution in [2.24, 2.45) is 0 Å². The number of carbonyl (C=O) groups is 1. The molecule has 1 aromatic heterocycles. The van der Waals surface area contributed by atoms with Gasteiger partial charge in [-0.15, -0.1) is 0 Å². The molecule has 1 atom stereocenters. The van der Waals surface area contributed by atoms with E-state index in [4.69, 9.17) is 0 Å². The second kappa shape index (κ2) is 6.50. The first-order valence-electron chi connectivity index (χ1n) is 8.09. The third kappa shape index (κ3) is 3.44. The van der Waals surface area contributed by atoms with Gasteiger partial charge in [-0.2, -0.15) is 5.10 Å². The zero-order chi connectivity index (χ0) is 18.1. The molecule has 132 valence electrons. The molecular formula is C16H20N6O3. The molecule has 0 saturated heterocycles. The van der Waals surface area contributed by atoms with Crippen LogP contribution >= 0.6 is 0 Å². The van der Waals surface area contributed by atoms with Gasteiger partial charge in [-0.25, -0.2) is 14.5 Å². The third-order valence-corrected chi connectivity index (χ3v) is 4.27. The van der Waals surface area contributed by atoms with Gasteiger partial charge >= 0.3 is 6.03 Å². The molecule has 0 radical (unpaired) electrons. The average Bonchev–Trinajstić information content (AvgIpc) is 2.91. The van der Waals surface area contributed by atoms with Crippen molar-refractivity contribution in [3.63, 3.8) is 0 Å². The van der Waals surface area contributed by atoms with Gasteiger partial charge in [0.15, 0.2) is 0 Å². The standard InChI is InChI=1S/C16H20N6O3/c1-9-7-10(2)14(22(24)25)8-13(9)19-16(23)18-12-5-4-6-21-15(12)17-11(3)20-21/h7-8,12H,4-6H2,1-3H3,(H2,18,19,23). The maximum Gasteiger partial charge on any atom is 0.319 e. The Hall–Kier alpha value is -2.97. The molecule has 25 heavy (non-hydrogen) atoms. The summed E-state index contributed by atoms with van der Waals surface area (Å²) in [4.78, 5) is 27.4. The summed E-state index contributed by atoms with van der Waals surface area (Å²) in [6.07, 6.45) is 1.67. The van der Waals surface area contributed by atoms with Gasteiger partial charge in [0.1, 0.15) is 11.6 Å². The Bertz CT molecular complexity index is 845. The van der Waals surface area contributed by atoms with Gasteiger partial charge in [-0.05, 0) is 45.2 Å². The van der Waals surface area contributed by atoms with Gasteiger partial charge in [-0.1, -0.05) is 0 Å². The number of nitro groups is 1. The number of anilines is 1. The van der Waals surface area contributed by atoms with E-state index in [1.54, 1.807) is 19.9 Å². The lowest BCUT2D eigenvalue weighted by Crippen LogP contribution is -2.36. The van der Waals surface area contributed by atoms with Crippen molar-refractivity contribution in [1.82, 2.24) is 20.1 Å². The number of nitrogens with zero attached hydrogens (tertiary/aromatic N) is 4.